The highest BCUT2D eigenvalue weighted by molar-refractivity contribution is 7.89. The lowest BCUT2D eigenvalue weighted by atomic mass is 10.3. The second kappa shape index (κ2) is 7.83. The first-order chi connectivity index (χ1) is 12.9. The van der Waals surface area contributed by atoms with E-state index < -0.39 is 15.9 Å². The predicted molar refractivity (Wildman–Crippen MR) is 101 cm³/mol. The molecule has 1 aromatic heterocycles. The van der Waals surface area contributed by atoms with Gasteiger partial charge in [-0.25, -0.2) is 13.1 Å². The number of amides is 1. The van der Waals surface area contributed by atoms with Crippen LogP contribution in [0.4, 0.5) is 5.69 Å². The Kier molecular flexibility index (Phi) is 5.50. The van der Waals surface area contributed by atoms with Crippen LogP contribution in [0.3, 0.4) is 0 Å². The first kappa shape index (κ1) is 19.0. The minimum absolute atomic E-state index is 0.125. The second-order valence-corrected chi connectivity index (χ2v) is 7.56. The van der Waals surface area contributed by atoms with Crippen LogP contribution >= 0.6 is 11.6 Å². The quantitative estimate of drug-likeness (QED) is 0.647. The van der Waals surface area contributed by atoms with Crippen LogP contribution < -0.4 is 14.8 Å². The molecule has 0 aliphatic rings. The molecule has 0 fully saturated rings. The van der Waals surface area contributed by atoms with Gasteiger partial charge in [-0.2, -0.15) is 0 Å². The standard InChI is InChI=1S/C18H15ClN2O5S/c1-20-27(23,24)17-11-10-16(26-17)18(22)21-12-6-8-13(9-7-12)25-15-5-3-2-4-14(15)19/h2-11,20H,1H3,(H,21,22). The van der Waals surface area contributed by atoms with Crippen LogP contribution in [-0.4, -0.2) is 21.4 Å². The van der Waals surface area contributed by atoms with Crippen molar-refractivity contribution < 1.29 is 22.4 Å². The molecule has 3 rings (SSSR count). The lowest BCUT2D eigenvalue weighted by Gasteiger charge is -2.08. The molecule has 0 atom stereocenters. The molecular weight excluding hydrogens is 392 g/mol. The minimum atomic E-state index is -3.75. The molecule has 0 aliphatic heterocycles. The van der Waals surface area contributed by atoms with E-state index in [1.54, 1.807) is 42.5 Å². The number of nitrogens with one attached hydrogen (secondary N) is 2. The topological polar surface area (TPSA) is 97.6 Å². The summed E-state index contributed by atoms with van der Waals surface area (Å²) in [4.78, 5) is 12.2. The fourth-order valence-electron chi connectivity index (χ4n) is 2.14. The van der Waals surface area contributed by atoms with Gasteiger partial charge >= 0.3 is 0 Å². The monoisotopic (exact) mass is 406 g/mol. The average molecular weight is 407 g/mol. The zero-order valence-corrected chi connectivity index (χ0v) is 15.7. The first-order valence-electron chi connectivity index (χ1n) is 7.76. The molecule has 27 heavy (non-hydrogen) atoms. The van der Waals surface area contributed by atoms with E-state index in [2.05, 4.69) is 10.0 Å². The largest absolute Gasteiger partial charge is 0.456 e. The fourth-order valence-corrected chi connectivity index (χ4v) is 2.96. The van der Waals surface area contributed by atoms with E-state index in [-0.39, 0.29) is 10.9 Å². The lowest BCUT2D eigenvalue weighted by molar-refractivity contribution is 0.0991. The third-order valence-electron chi connectivity index (χ3n) is 3.52. The second-order valence-electron chi connectivity index (χ2n) is 5.34. The summed E-state index contributed by atoms with van der Waals surface area (Å²) in [5.41, 5.74) is 0.487. The van der Waals surface area contributed by atoms with Gasteiger partial charge in [0.25, 0.3) is 15.9 Å². The number of ether oxygens (including phenoxy) is 1. The van der Waals surface area contributed by atoms with Crippen molar-refractivity contribution >= 4 is 33.2 Å². The van der Waals surface area contributed by atoms with Crippen LogP contribution in [0.2, 0.25) is 5.02 Å². The van der Waals surface area contributed by atoms with Crippen LogP contribution in [0.15, 0.2) is 70.2 Å². The van der Waals surface area contributed by atoms with Crippen molar-refractivity contribution in [3.8, 4) is 11.5 Å². The highest BCUT2D eigenvalue weighted by Gasteiger charge is 2.19. The van der Waals surface area contributed by atoms with Crippen molar-refractivity contribution in [2.75, 3.05) is 12.4 Å². The summed E-state index contributed by atoms with van der Waals surface area (Å²) in [6.07, 6.45) is 0. The molecule has 0 spiro atoms. The molecule has 0 aliphatic carbocycles. The van der Waals surface area contributed by atoms with Gasteiger partial charge in [0.1, 0.15) is 11.5 Å². The van der Waals surface area contributed by atoms with E-state index in [9.17, 15) is 13.2 Å². The average Bonchev–Trinajstić information content (AvgIpc) is 3.16. The van der Waals surface area contributed by atoms with Gasteiger partial charge in [0.15, 0.2) is 5.76 Å². The smallest absolute Gasteiger partial charge is 0.291 e. The number of hydrogen-bond donors (Lipinski definition) is 2. The Morgan fingerprint density at radius 2 is 1.74 bits per heavy atom. The number of carbonyl (C=O) groups excluding carboxylic acids is 1. The molecule has 0 saturated carbocycles. The van der Waals surface area contributed by atoms with E-state index in [0.29, 0.717) is 22.2 Å². The van der Waals surface area contributed by atoms with Gasteiger partial charge < -0.3 is 14.5 Å². The van der Waals surface area contributed by atoms with Crippen LogP contribution in [0.5, 0.6) is 11.5 Å². The molecule has 0 bridgehead atoms. The molecule has 7 nitrogen and oxygen atoms in total. The van der Waals surface area contributed by atoms with E-state index in [1.165, 1.54) is 19.2 Å². The Hall–Kier alpha value is -2.81. The molecular formula is C18H15ClN2O5S. The normalized spacial score (nSPS) is 11.2. The number of anilines is 1. The molecule has 0 unspecified atom stereocenters. The summed E-state index contributed by atoms with van der Waals surface area (Å²) >= 11 is 6.05. The Balaban J connectivity index is 1.68. The van der Waals surface area contributed by atoms with E-state index >= 15 is 0 Å². The van der Waals surface area contributed by atoms with Gasteiger partial charge in [-0.1, -0.05) is 23.7 Å². The first-order valence-corrected chi connectivity index (χ1v) is 9.62. The molecule has 3 aromatic rings. The number of benzene rings is 2. The maximum Gasteiger partial charge on any atom is 0.291 e. The molecule has 0 radical (unpaired) electrons. The number of furan rings is 1. The maximum atomic E-state index is 12.2. The Morgan fingerprint density at radius 3 is 2.41 bits per heavy atom. The molecule has 2 aromatic carbocycles. The molecule has 1 amide bonds. The zero-order chi connectivity index (χ0) is 19.4. The van der Waals surface area contributed by atoms with Gasteiger partial charge in [0.05, 0.1) is 5.02 Å². The Labute approximate surface area is 161 Å². The van der Waals surface area contributed by atoms with Crippen LogP contribution in [0, 0.1) is 0 Å². The summed E-state index contributed by atoms with van der Waals surface area (Å²) < 4.78 is 36.2. The SMILES string of the molecule is CNS(=O)(=O)c1ccc(C(=O)Nc2ccc(Oc3ccccc3Cl)cc2)o1. The van der Waals surface area contributed by atoms with Crippen molar-refractivity contribution in [2.24, 2.45) is 0 Å². The van der Waals surface area contributed by atoms with Gasteiger partial charge in [0.2, 0.25) is 5.09 Å². The summed E-state index contributed by atoms with van der Waals surface area (Å²) in [6.45, 7) is 0. The number of carbonyl (C=O) groups is 1. The maximum absolute atomic E-state index is 12.2. The molecule has 9 heteroatoms. The van der Waals surface area contributed by atoms with E-state index in [4.69, 9.17) is 20.8 Å². The number of sulfonamides is 1. The fraction of sp³-hybridized carbons (Fsp3) is 0.0556. The van der Waals surface area contributed by atoms with E-state index in [1.807, 2.05) is 6.07 Å². The number of hydrogen-bond acceptors (Lipinski definition) is 5. The number of rotatable bonds is 6. The van der Waals surface area contributed by atoms with Crippen LogP contribution in [0.25, 0.3) is 0 Å². The lowest BCUT2D eigenvalue weighted by Crippen LogP contribution is -2.18. The Bertz CT molecular complexity index is 1060. The summed E-state index contributed by atoms with van der Waals surface area (Å²) in [7, 11) is -2.49. The highest BCUT2D eigenvalue weighted by atomic mass is 35.5. The Morgan fingerprint density at radius 1 is 1.04 bits per heavy atom. The van der Waals surface area contributed by atoms with Gasteiger partial charge in [-0.15, -0.1) is 0 Å². The third kappa shape index (κ3) is 4.48. The van der Waals surface area contributed by atoms with Crippen molar-refractivity contribution in [1.82, 2.24) is 4.72 Å². The summed E-state index contributed by atoms with van der Waals surface area (Å²) in [5.74, 6) is 0.360. The van der Waals surface area contributed by atoms with Crippen molar-refractivity contribution in [1.29, 1.82) is 0 Å². The molecule has 2 N–H and O–H groups in total. The molecule has 1 heterocycles. The molecule has 0 saturated heterocycles. The number of para-hydroxylation sites is 1. The third-order valence-corrected chi connectivity index (χ3v) is 5.11. The van der Waals surface area contributed by atoms with Crippen LogP contribution in [0.1, 0.15) is 10.6 Å². The van der Waals surface area contributed by atoms with Gasteiger partial charge in [-0.05, 0) is 55.6 Å². The van der Waals surface area contributed by atoms with Crippen LogP contribution in [-0.2, 0) is 10.0 Å². The summed E-state index contributed by atoms with van der Waals surface area (Å²) in [6, 6.07) is 16.2. The molecule has 140 valence electrons. The van der Waals surface area contributed by atoms with Crippen molar-refractivity contribution in [3.63, 3.8) is 0 Å². The number of halogens is 1. The van der Waals surface area contributed by atoms with Gasteiger partial charge in [0, 0.05) is 5.69 Å². The minimum Gasteiger partial charge on any atom is -0.456 e. The van der Waals surface area contributed by atoms with E-state index in [0.717, 1.165) is 0 Å². The predicted octanol–water partition coefficient (Wildman–Crippen LogP) is 3.89. The van der Waals surface area contributed by atoms with Crippen molar-refractivity contribution in [3.05, 3.63) is 71.4 Å². The van der Waals surface area contributed by atoms with Crippen molar-refractivity contribution in [2.45, 2.75) is 5.09 Å². The zero-order valence-electron chi connectivity index (χ0n) is 14.1. The highest BCUT2D eigenvalue weighted by Crippen LogP contribution is 2.29. The van der Waals surface area contributed by atoms with Gasteiger partial charge in [-0.3, -0.25) is 4.79 Å². The summed E-state index contributed by atoms with van der Waals surface area (Å²) in [5, 5.41) is 2.77.